The van der Waals surface area contributed by atoms with Crippen LogP contribution in [0.1, 0.15) is 35.2 Å². The van der Waals surface area contributed by atoms with E-state index in [1.54, 1.807) is 11.3 Å². The molecule has 2 aromatic heterocycles. The molecule has 0 bridgehead atoms. The number of aryl methyl sites for hydroxylation is 1. The van der Waals surface area contributed by atoms with Gasteiger partial charge >= 0.3 is 0 Å². The molecule has 124 valence electrons. The van der Waals surface area contributed by atoms with Crippen molar-refractivity contribution in [1.82, 2.24) is 15.1 Å². The first-order valence-corrected chi connectivity index (χ1v) is 9.27. The molecule has 0 amide bonds. The van der Waals surface area contributed by atoms with Crippen molar-refractivity contribution in [3.05, 3.63) is 57.8 Å². The standard InChI is InChI=1S/C18H18ClN3OS/c1-12-7-8-16(24-12)18-21-20-17(23-18)15-6-3-9-22(15)11-13-4-2-5-14(19)10-13/h2,4-5,7-8,10,15H,3,6,9,11H2,1H3. The number of hydrogen-bond donors (Lipinski definition) is 0. The van der Waals surface area contributed by atoms with Crippen LogP contribution in [0.3, 0.4) is 0 Å². The second kappa shape index (κ2) is 6.67. The normalized spacial score (nSPS) is 18.3. The van der Waals surface area contributed by atoms with Crippen LogP contribution in [0.2, 0.25) is 5.02 Å². The fraction of sp³-hybridized carbons (Fsp3) is 0.333. The first-order chi connectivity index (χ1) is 11.7. The summed E-state index contributed by atoms with van der Waals surface area (Å²) >= 11 is 7.78. The molecule has 3 heterocycles. The fourth-order valence-corrected chi connectivity index (χ4v) is 4.18. The molecule has 0 N–H and O–H groups in total. The Bertz CT molecular complexity index is 844. The molecule has 0 spiro atoms. The zero-order valence-corrected chi connectivity index (χ0v) is 15.0. The van der Waals surface area contributed by atoms with Gasteiger partial charge in [0.25, 0.3) is 5.89 Å². The van der Waals surface area contributed by atoms with Gasteiger partial charge in [-0.25, -0.2) is 0 Å². The van der Waals surface area contributed by atoms with Crippen LogP contribution in [0.5, 0.6) is 0 Å². The van der Waals surface area contributed by atoms with Crippen LogP contribution in [-0.2, 0) is 6.54 Å². The minimum atomic E-state index is 0.186. The van der Waals surface area contributed by atoms with Crippen LogP contribution in [0.25, 0.3) is 10.8 Å². The first-order valence-electron chi connectivity index (χ1n) is 8.08. The van der Waals surface area contributed by atoms with Gasteiger partial charge in [0.05, 0.1) is 10.9 Å². The number of hydrogen-bond acceptors (Lipinski definition) is 5. The maximum atomic E-state index is 6.10. The smallest absolute Gasteiger partial charge is 0.257 e. The summed E-state index contributed by atoms with van der Waals surface area (Å²) in [6.45, 7) is 3.96. The van der Waals surface area contributed by atoms with Gasteiger partial charge in [0, 0.05) is 16.4 Å². The number of aromatic nitrogens is 2. The van der Waals surface area contributed by atoms with Crippen molar-refractivity contribution in [2.45, 2.75) is 32.4 Å². The number of nitrogens with zero attached hydrogens (tertiary/aromatic N) is 3. The highest BCUT2D eigenvalue weighted by Crippen LogP contribution is 2.35. The SMILES string of the molecule is Cc1ccc(-c2nnc(C3CCCN3Cc3cccc(Cl)c3)o2)s1. The molecule has 1 aromatic carbocycles. The molecule has 3 aromatic rings. The Hall–Kier alpha value is -1.69. The molecule has 6 heteroatoms. The highest BCUT2D eigenvalue weighted by molar-refractivity contribution is 7.15. The van der Waals surface area contributed by atoms with Crippen molar-refractivity contribution in [2.24, 2.45) is 0 Å². The maximum Gasteiger partial charge on any atom is 0.257 e. The average molecular weight is 360 g/mol. The first kappa shape index (κ1) is 15.8. The second-order valence-corrected chi connectivity index (χ2v) is 7.84. The fourth-order valence-electron chi connectivity index (χ4n) is 3.18. The van der Waals surface area contributed by atoms with Crippen LogP contribution in [0, 0.1) is 6.92 Å². The largest absolute Gasteiger partial charge is 0.418 e. The molecule has 24 heavy (non-hydrogen) atoms. The Morgan fingerprint density at radius 3 is 3.00 bits per heavy atom. The highest BCUT2D eigenvalue weighted by atomic mass is 35.5. The highest BCUT2D eigenvalue weighted by Gasteiger charge is 2.30. The van der Waals surface area contributed by atoms with Gasteiger partial charge in [-0.05, 0) is 56.1 Å². The lowest BCUT2D eigenvalue weighted by Gasteiger charge is -2.21. The van der Waals surface area contributed by atoms with Crippen molar-refractivity contribution >= 4 is 22.9 Å². The van der Waals surface area contributed by atoms with E-state index < -0.39 is 0 Å². The zero-order valence-electron chi connectivity index (χ0n) is 13.4. The Balaban J connectivity index is 1.53. The van der Waals surface area contributed by atoms with Gasteiger partial charge in [-0.15, -0.1) is 21.5 Å². The summed E-state index contributed by atoms with van der Waals surface area (Å²) in [5, 5.41) is 9.34. The van der Waals surface area contributed by atoms with E-state index in [1.165, 1.54) is 10.4 Å². The van der Waals surface area contributed by atoms with E-state index in [2.05, 4.69) is 34.2 Å². The Kier molecular flexibility index (Phi) is 4.39. The summed E-state index contributed by atoms with van der Waals surface area (Å²) in [5.41, 5.74) is 1.21. The van der Waals surface area contributed by atoms with E-state index in [9.17, 15) is 0 Å². The number of halogens is 1. The van der Waals surface area contributed by atoms with Gasteiger partial charge in [0.2, 0.25) is 5.89 Å². The maximum absolute atomic E-state index is 6.10. The number of thiophene rings is 1. The molecule has 0 saturated carbocycles. The predicted octanol–water partition coefficient (Wildman–Crippen LogP) is 5.10. The third-order valence-corrected chi connectivity index (χ3v) is 5.54. The van der Waals surface area contributed by atoms with Crippen molar-refractivity contribution in [3.63, 3.8) is 0 Å². The molecular weight excluding hydrogens is 342 g/mol. The van der Waals surface area contributed by atoms with E-state index in [0.29, 0.717) is 5.89 Å². The third-order valence-electron chi connectivity index (χ3n) is 4.32. The lowest BCUT2D eigenvalue weighted by atomic mass is 10.2. The molecule has 1 aliphatic heterocycles. The molecule has 1 aliphatic rings. The Labute approximate surface area is 150 Å². The van der Waals surface area contributed by atoms with Crippen molar-refractivity contribution < 1.29 is 4.42 Å². The Morgan fingerprint density at radius 1 is 1.29 bits per heavy atom. The van der Waals surface area contributed by atoms with Crippen LogP contribution in [0.4, 0.5) is 0 Å². The minimum Gasteiger partial charge on any atom is -0.418 e. The molecule has 1 fully saturated rings. The van der Waals surface area contributed by atoms with Crippen molar-refractivity contribution in [3.8, 4) is 10.8 Å². The Morgan fingerprint density at radius 2 is 2.21 bits per heavy atom. The molecule has 0 radical (unpaired) electrons. The van der Waals surface area contributed by atoms with Gasteiger partial charge in [0.15, 0.2) is 0 Å². The van der Waals surface area contributed by atoms with E-state index in [1.807, 2.05) is 24.3 Å². The molecule has 1 atom stereocenters. The lowest BCUT2D eigenvalue weighted by molar-refractivity contribution is 0.215. The van der Waals surface area contributed by atoms with Gasteiger partial charge in [0.1, 0.15) is 0 Å². The van der Waals surface area contributed by atoms with E-state index >= 15 is 0 Å². The van der Waals surface area contributed by atoms with E-state index in [4.69, 9.17) is 16.0 Å². The molecule has 4 nitrogen and oxygen atoms in total. The summed E-state index contributed by atoms with van der Waals surface area (Å²) in [6, 6.07) is 12.3. The van der Waals surface area contributed by atoms with Crippen LogP contribution in [-0.4, -0.2) is 21.6 Å². The summed E-state index contributed by atoms with van der Waals surface area (Å²) in [4.78, 5) is 4.67. The lowest BCUT2D eigenvalue weighted by Crippen LogP contribution is -2.23. The van der Waals surface area contributed by atoms with Gasteiger partial charge < -0.3 is 4.42 Å². The monoisotopic (exact) mass is 359 g/mol. The minimum absolute atomic E-state index is 0.186. The van der Waals surface area contributed by atoms with Crippen LogP contribution < -0.4 is 0 Å². The zero-order chi connectivity index (χ0) is 16.5. The van der Waals surface area contributed by atoms with Gasteiger partial charge in [-0.1, -0.05) is 23.7 Å². The second-order valence-electron chi connectivity index (χ2n) is 6.11. The quantitative estimate of drug-likeness (QED) is 0.650. The summed E-state index contributed by atoms with van der Waals surface area (Å²) < 4.78 is 5.98. The number of rotatable bonds is 4. The predicted molar refractivity (Wildman–Crippen MR) is 96.2 cm³/mol. The summed E-state index contributed by atoms with van der Waals surface area (Å²) in [5.74, 6) is 1.34. The molecular formula is C18H18ClN3OS. The van der Waals surface area contributed by atoms with Crippen molar-refractivity contribution in [1.29, 1.82) is 0 Å². The topological polar surface area (TPSA) is 42.2 Å². The van der Waals surface area contributed by atoms with Crippen molar-refractivity contribution in [2.75, 3.05) is 6.54 Å². The van der Waals surface area contributed by atoms with Gasteiger partial charge in [-0.3, -0.25) is 4.90 Å². The van der Waals surface area contributed by atoms with E-state index in [0.717, 1.165) is 41.7 Å². The van der Waals surface area contributed by atoms with Gasteiger partial charge in [-0.2, -0.15) is 0 Å². The molecule has 0 aliphatic carbocycles. The summed E-state index contributed by atoms with van der Waals surface area (Å²) in [7, 11) is 0. The van der Waals surface area contributed by atoms with Crippen LogP contribution >= 0.6 is 22.9 Å². The van der Waals surface area contributed by atoms with E-state index in [-0.39, 0.29) is 6.04 Å². The van der Waals surface area contributed by atoms with Crippen LogP contribution in [0.15, 0.2) is 40.8 Å². The summed E-state index contributed by atoms with van der Waals surface area (Å²) in [6.07, 6.45) is 2.19. The number of likely N-dealkylation sites (tertiary alicyclic amines) is 1. The molecule has 4 rings (SSSR count). The number of benzene rings is 1. The molecule has 1 unspecified atom stereocenters. The average Bonchev–Trinajstić information content (AvgIpc) is 3.27. The third kappa shape index (κ3) is 3.24. The molecule has 1 saturated heterocycles.